The Hall–Kier alpha value is -1.55. The van der Waals surface area contributed by atoms with Crippen molar-refractivity contribution in [2.24, 2.45) is 11.3 Å². The molecule has 0 heterocycles. The molecule has 1 heteroatoms. The van der Waals surface area contributed by atoms with E-state index in [-0.39, 0.29) is 0 Å². The number of nitrogens with zero attached hydrogens (tertiary/aromatic N) is 1. The van der Waals surface area contributed by atoms with Gasteiger partial charge in [0.15, 0.2) is 0 Å². The molecule has 3 rings (SSSR count). The van der Waals surface area contributed by atoms with Gasteiger partial charge in [-0.05, 0) is 77.9 Å². The van der Waals surface area contributed by atoms with E-state index in [0.29, 0.717) is 23.2 Å². The number of hydrogen-bond donors (Lipinski definition) is 0. The minimum Gasteiger partial charge on any atom is -0.198 e. The van der Waals surface area contributed by atoms with Crippen molar-refractivity contribution in [2.75, 3.05) is 0 Å². The summed E-state index contributed by atoms with van der Waals surface area (Å²) in [5.41, 5.74) is 5.34. The molecule has 3 atom stereocenters. The molecule has 1 aromatic carbocycles. The van der Waals surface area contributed by atoms with E-state index < -0.39 is 0 Å². The van der Waals surface area contributed by atoms with Crippen molar-refractivity contribution in [2.45, 2.75) is 90.4 Å². The molecule has 26 heavy (non-hydrogen) atoms. The lowest BCUT2D eigenvalue weighted by Crippen LogP contribution is -2.48. The highest BCUT2D eigenvalue weighted by atomic mass is 14.5. The molecule has 0 N–H and O–H groups in total. The fraction of sp³-hybridized carbons (Fsp3) is 0.640. The smallest absolute Gasteiger partial charge is 0.0621 e. The van der Waals surface area contributed by atoms with Gasteiger partial charge in [-0.1, -0.05) is 64.5 Å². The van der Waals surface area contributed by atoms with E-state index in [1.54, 1.807) is 11.1 Å². The monoisotopic (exact) mass is 349 g/mol. The van der Waals surface area contributed by atoms with Gasteiger partial charge in [0.05, 0.1) is 6.07 Å². The molecule has 0 aromatic heterocycles. The first kappa shape index (κ1) is 19.2. The molecule has 0 spiro atoms. The standard InChI is InChI=1S/C25H35N/c1-19(2)20-10-12-22-21(18-20)11-13-23-24(3,14-7-5-6-8-17-26)15-9-16-25(22,23)4/h7,10,12,14,18-19,23H,5-6,8-9,11,13,15-16H2,1-4H3/b14-7-/t23?,24-,25+/m0/s1. The molecule has 1 aromatic rings. The first-order chi connectivity index (χ1) is 12.4. The van der Waals surface area contributed by atoms with Crippen LogP contribution >= 0.6 is 0 Å². The van der Waals surface area contributed by atoms with Crippen LogP contribution in [0.15, 0.2) is 30.4 Å². The normalized spacial score (nSPS) is 30.8. The molecule has 2 aliphatic carbocycles. The van der Waals surface area contributed by atoms with Crippen molar-refractivity contribution >= 4 is 0 Å². The van der Waals surface area contributed by atoms with Crippen LogP contribution in [-0.4, -0.2) is 0 Å². The highest BCUT2D eigenvalue weighted by Gasteiger charge is 2.50. The summed E-state index contributed by atoms with van der Waals surface area (Å²) in [6.07, 6.45) is 14.1. The summed E-state index contributed by atoms with van der Waals surface area (Å²) in [5.74, 6) is 1.34. The fourth-order valence-electron chi connectivity index (χ4n) is 5.77. The van der Waals surface area contributed by atoms with Crippen LogP contribution in [0.5, 0.6) is 0 Å². The van der Waals surface area contributed by atoms with Crippen LogP contribution in [0.1, 0.15) is 95.2 Å². The molecule has 140 valence electrons. The van der Waals surface area contributed by atoms with Gasteiger partial charge >= 0.3 is 0 Å². The zero-order valence-corrected chi connectivity index (χ0v) is 17.1. The van der Waals surface area contributed by atoms with E-state index in [1.807, 2.05) is 0 Å². The summed E-state index contributed by atoms with van der Waals surface area (Å²) in [5, 5.41) is 8.73. The van der Waals surface area contributed by atoms with Gasteiger partial charge in [-0.15, -0.1) is 0 Å². The number of rotatable bonds is 5. The molecule has 0 radical (unpaired) electrons. The Morgan fingerprint density at radius 3 is 2.81 bits per heavy atom. The Bertz CT molecular complexity index is 707. The maximum absolute atomic E-state index is 8.73. The van der Waals surface area contributed by atoms with Crippen LogP contribution in [-0.2, 0) is 11.8 Å². The Morgan fingerprint density at radius 2 is 2.08 bits per heavy atom. The van der Waals surface area contributed by atoms with Gasteiger partial charge in [0.1, 0.15) is 0 Å². The third-order valence-corrected chi connectivity index (χ3v) is 7.25. The van der Waals surface area contributed by atoms with Crippen molar-refractivity contribution in [3.63, 3.8) is 0 Å². The first-order valence-corrected chi connectivity index (χ1v) is 10.6. The summed E-state index contributed by atoms with van der Waals surface area (Å²) >= 11 is 0. The van der Waals surface area contributed by atoms with Crippen LogP contribution in [0.25, 0.3) is 0 Å². The van der Waals surface area contributed by atoms with E-state index in [9.17, 15) is 0 Å². The molecule has 2 aliphatic rings. The fourth-order valence-corrected chi connectivity index (χ4v) is 5.77. The van der Waals surface area contributed by atoms with Crippen LogP contribution < -0.4 is 0 Å². The molecule has 1 unspecified atom stereocenters. The predicted molar refractivity (Wildman–Crippen MR) is 110 cm³/mol. The average Bonchev–Trinajstić information content (AvgIpc) is 2.61. The Balaban J connectivity index is 1.87. The second-order valence-corrected chi connectivity index (χ2v) is 9.39. The van der Waals surface area contributed by atoms with Crippen molar-refractivity contribution in [3.8, 4) is 6.07 Å². The topological polar surface area (TPSA) is 23.8 Å². The quantitative estimate of drug-likeness (QED) is 0.412. The Kier molecular flexibility index (Phi) is 5.61. The number of hydrogen-bond acceptors (Lipinski definition) is 1. The van der Waals surface area contributed by atoms with Gasteiger partial charge in [0.2, 0.25) is 0 Å². The molecular formula is C25H35N. The Morgan fingerprint density at radius 1 is 1.27 bits per heavy atom. The zero-order chi connectivity index (χ0) is 18.8. The number of allylic oxidation sites excluding steroid dienone is 2. The average molecular weight is 350 g/mol. The molecule has 1 fully saturated rings. The molecule has 1 saturated carbocycles. The zero-order valence-electron chi connectivity index (χ0n) is 17.1. The van der Waals surface area contributed by atoms with Gasteiger partial charge in [-0.3, -0.25) is 0 Å². The summed E-state index contributed by atoms with van der Waals surface area (Å²) in [6, 6.07) is 9.58. The van der Waals surface area contributed by atoms with Gasteiger partial charge in [-0.2, -0.15) is 5.26 Å². The van der Waals surface area contributed by atoms with Crippen LogP contribution in [0, 0.1) is 22.7 Å². The van der Waals surface area contributed by atoms with Crippen LogP contribution in [0.2, 0.25) is 0 Å². The van der Waals surface area contributed by atoms with Gasteiger partial charge in [0.25, 0.3) is 0 Å². The first-order valence-electron chi connectivity index (χ1n) is 10.6. The third-order valence-electron chi connectivity index (χ3n) is 7.25. The van der Waals surface area contributed by atoms with Crippen LogP contribution in [0.3, 0.4) is 0 Å². The number of benzene rings is 1. The molecule has 0 aliphatic heterocycles. The number of nitriles is 1. The molecule has 1 nitrogen and oxygen atoms in total. The second-order valence-electron chi connectivity index (χ2n) is 9.39. The van der Waals surface area contributed by atoms with Gasteiger partial charge in [0, 0.05) is 6.42 Å². The molecule has 0 amide bonds. The molecule has 0 saturated heterocycles. The second kappa shape index (κ2) is 7.59. The van der Waals surface area contributed by atoms with E-state index in [1.165, 1.54) is 37.7 Å². The van der Waals surface area contributed by atoms with Crippen molar-refractivity contribution < 1.29 is 0 Å². The van der Waals surface area contributed by atoms with Crippen molar-refractivity contribution in [3.05, 3.63) is 47.0 Å². The maximum Gasteiger partial charge on any atom is 0.0621 e. The Labute approximate surface area is 160 Å². The summed E-state index contributed by atoms with van der Waals surface area (Å²) in [4.78, 5) is 0. The number of aryl methyl sites for hydroxylation is 1. The molecule has 0 bridgehead atoms. The third kappa shape index (κ3) is 3.48. The summed E-state index contributed by atoms with van der Waals surface area (Å²) < 4.78 is 0. The molecular weight excluding hydrogens is 314 g/mol. The minimum atomic E-state index is 0.300. The SMILES string of the molecule is CC(C)c1ccc2c(c1)CCC1[C@@](C)(/C=C\CCCC#N)CCC[C@]21C. The van der Waals surface area contributed by atoms with Gasteiger partial charge in [-0.25, -0.2) is 0 Å². The van der Waals surface area contributed by atoms with E-state index in [2.05, 4.69) is 64.1 Å². The van der Waals surface area contributed by atoms with E-state index >= 15 is 0 Å². The van der Waals surface area contributed by atoms with Crippen molar-refractivity contribution in [1.29, 1.82) is 5.26 Å². The summed E-state index contributed by atoms with van der Waals surface area (Å²) in [7, 11) is 0. The predicted octanol–water partition coefficient (Wildman–Crippen LogP) is 7.07. The van der Waals surface area contributed by atoms with E-state index in [4.69, 9.17) is 5.26 Å². The summed E-state index contributed by atoms with van der Waals surface area (Å²) in [6.45, 7) is 9.61. The van der Waals surface area contributed by atoms with Gasteiger partial charge < -0.3 is 0 Å². The highest BCUT2D eigenvalue weighted by Crippen LogP contribution is 2.57. The largest absolute Gasteiger partial charge is 0.198 e. The van der Waals surface area contributed by atoms with Crippen molar-refractivity contribution in [1.82, 2.24) is 0 Å². The number of unbranched alkanes of at least 4 members (excludes halogenated alkanes) is 2. The lowest BCUT2D eigenvalue weighted by molar-refractivity contribution is 0.0629. The lowest BCUT2D eigenvalue weighted by atomic mass is 9.49. The minimum absolute atomic E-state index is 0.300. The lowest BCUT2D eigenvalue weighted by Gasteiger charge is -2.54. The highest BCUT2D eigenvalue weighted by molar-refractivity contribution is 5.42. The number of fused-ring (bicyclic) bond motifs is 3. The maximum atomic E-state index is 8.73. The van der Waals surface area contributed by atoms with Crippen LogP contribution in [0.4, 0.5) is 0 Å². The van der Waals surface area contributed by atoms with E-state index in [0.717, 1.165) is 18.8 Å².